The van der Waals surface area contributed by atoms with Crippen LogP contribution >= 0.6 is 0 Å². The summed E-state index contributed by atoms with van der Waals surface area (Å²) in [7, 11) is 1.51. The van der Waals surface area contributed by atoms with Crippen LogP contribution in [0.15, 0.2) is 42.5 Å². The molecule has 0 saturated heterocycles. The maximum absolute atomic E-state index is 14.0. The molecule has 2 aromatic carbocycles. The highest BCUT2D eigenvalue weighted by Gasteiger charge is 2.29. The number of benzene rings is 2. The van der Waals surface area contributed by atoms with Gasteiger partial charge < -0.3 is 9.84 Å². The third-order valence-corrected chi connectivity index (χ3v) is 3.60. The van der Waals surface area contributed by atoms with E-state index >= 15 is 0 Å². The summed E-state index contributed by atoms with van der Waals surface area (Å²) in [4.78, 5) is 11.3. The van der Waals surface area contributed by atoms with Crippen LogP contribution in [0.25, 0.3) is 11.1 Å². The predicted molar refractivity (Wildman–Crippen MR) is 79.0 cm³/mol. The third-order valence-electron chi connectivity index (χ3n) is 3.60. The van der Waals surface area contributed by atoms with Crippen LogP contribution in [0.4, 0.5) is 4.39 Å². The van der Waals surface area contributed by atoms with E-state index in [2.05, 4.69) is 0 Å². The SMILES string of the molecule is COc1ccc(F)c(-c2cccc(C(C)(C)C(=O)O)c2)c1. The van der Waals surface area contributed by atoms with E-state index in [0.717, 1.165) is 0 Å². The van der Waals surface area contributed by atoms with E-state index in [1.54, 1.807) is 50.2 Å². The smallest absolute Gasteiger partial charge is 0.313 e. The fourth-order valence-electron chi connectivity index (χ4n) is 2.05. The van der Waals surface area contributed by atoms with E-state index in [4.69, 9.17) is 4.74 Å². The summed E-state index contributed by atoms with van der Waals surface area (Å²) in [6.45, 7) is 3.24. The van der Waals surface area contributed by atoms with Crippen LogP contribution in [0.2, 0.25) is 0 Å². The highest BCUT2D eigenvalue weighted by atomic mass is 19.1. The van der Waals surface area contributed by atoms with Crippen molar-refractivity contribution in [2.45, 2.75) is 19.3 Å². The largest absolute Gasteiger partial charge is 0.497 e. The van der Waals surface area contributed by atoms with Crippen molar-refractivity contribution < 1.29 is 19.0 Å². The van der Waals surface area contributed by atoms with E-state index in [1.165, 1.54) is 13.2 Å². The zero-order chi connectivity index (χ0) is 15.6. The Morgan fingerprint density at radius 3 is 2.52 bits per heavy atom. The number of rotatable bonds is 4. The van der Waals surface area contributed by atoms with Gasteiger partial charge in [-0.15, -0.1) is 0 Å². The van der Waals surface area contributed by atoms with Gasteiger partial charge in [0.05, 0.1) is 12.5 Å². The number of aliphatic carboxylic acids is 1. The molecule has 110 valence electrons. The molecule has 0 spiro atoms. The molecule has 0 bridgehead atoms. The number of halogens is 1. The molecule has 0 saturated carbocycles. The van der Waals surface area contributed by atoms with Gasteiger partial charge in [-0.25, -0.2) is 4.39 Å². The predicted octanol–water partition coefficient (Wildman–Crippen LogP) is 3.86. The lowest BCUT2D eigenvalue weighted by atomic mass is 9.83. The van der Waals surface area contributed by atoms with Crippen LogP contribution in [0.1, 0.15) is 19.4 Å². The molecule has 3 nitrogen and oxygen atoms in total. The normalized spacial score (nSPS) is 11.2. The first kappa shape index (κ1) is 15.0. The zero-order valence-electron chi connectivity index (χ0n) is 12.2. The molecule has 0 aliphatic rings. The fraction of sp³-hybridized carbons (Fsp3) is 0.235. The van der Waals surface area contributed by atoms with Crippen molar-refractivity contribution in [2.75, 3.05) is 7.11 Å². The second kappa shape index (κ2) is 5.56. The standard InChI is InChI=1S/C17H17FO3/c1-17(2,16(19)20)12-6-4-5-11(9-12)14-10-13(21-3)7-8-15(14)18/h4-10H,1-3H3,(H,19,20). The lowest BCUT2D eigenvalue weighted by molar-refractivity contribution is -0.142. The molecule has 0 radical (unpaired) electrons. The average Bonchev–Trinajstić information content (AvgIpc) is 2.47. The van der Waals surface area contributed by atoms with Crippen molar-refractivity contribution in [3.8, 4) is 16.9 Å². The molecule has 0 unspecified atom stereocenters. The van der Waals surface area contributed by atoms with E-state index < -0.39 is 11.4 Å². The Morgan fingerprint density at radius 1 is 1.19 bits per heavy atom. The molecule has 2 aromatic rings. The molecule has 0 atom stereocenters. The third kappa shape index (κ3) is 2.89. The molecule has 21 heavy (non-hydrogen) atoms. The minimum Gasteiger partial charge on any atom is -0.497 e. The molecule has 0 heterocycles. The molecule has 0 amide bonds. The summed E-state index contributed by atoms with van der Waals surface area (Å²) >= 11 is 0. The highest BCUT2D eigenvalue weighted by molar-refractivity contribution is 5.81. The summed E-state index contributed by atoms with van der Waals surface area (Å²) in [5.41, 5.74) is 0.594. The minimum absolute atomic E-state index is 0.374. The maximum atomic E-state index is 14.0. The zero-order valence-corrected chi connectivity index (χ0v) is 12.2. The van der Waals surface area contributed by atoms with Crippen molar-refractivity contribution in [3.05, 3.63) is 53.8 Å². The van der Waals surface area contributed by atoms with Gasteiger partial charge in [-0.3, -0.25) is 4.79 Å². The van der Waals surface area contributed by atoms with Gasteiger partial charge in [0, 0.05) is 5.56 Å². The van der Waals surface area contributed by atoms with Crippen molar-refractivity contribution in [1.82, 2.24) is 0 Å². The summed E-state index contributed by atoms with van der Waals surface area (Å²) in [6, 6.07) is 11.4. The van der Waals surface area contributed by atoms with Gasteiger partial charge in [-0.2, -0.15) is 0 Å². The van der Waals surface area contributed by atoms with E-state index in [0.29, 0.717) is 22.4 Å². The molecule has 0 aliphatic carbocycles. The Labute approximate surface area is 123 Å². The van der Waals surface area contributed by atoms with Gasteiger partial charge in [0.15, 0.2) is 0 Å². The number of carbonyl (C=O) groups is 1. The number of ether oxygens (including phenoxy) is 1. The maximum Gasteiger partial charge on any atom is 0.313 e. The minimum atomic E-state index is -1.04. The highest BCUT2D eigenvalue weighted by Crippen LogP contribution is 2.31. The molecule has 0 aliphatic heterocycles. The molecular weight excluding hydrogens is 271 g/mol. The molecule has 0 fully saturated rings. The monoisotopic (exact) mass is 288 g/mol. The lowest BCUT2D eigenvalue weighted by Gasteiger charge is -2.20. The Kier molecular flexibility index (Phi) is 3.98. The molecule has 1 N–H and O–H groups in total. The van der Waals surface area contributed by atoms with Gasteiger partial charge in [0.25, 0.3) is 0 Å². The Hall–Kier alpha value is -2.36. The van der Waals surface area contributed by atoms with Gasteiger partial charge in [0.1, 0.15) is 11.6 Å². The molecular formula is C17H17FO3. The first-order chi connectivity index (χ1) is 9.86. The van der Waals surface area contributed by atoms with Gasteiger partial charge in [0.2, 0.25) is 0 Å². The van der Waals surface area contributed by atoms with Crippen LogP contribution in [0.3, 0.4) is 0 Å². The van der Waals surface area contributed by atoms with Crippen molar-refractivity contribution in [1.29, 1.82) is 0 Å². The number of carboxylic acids is 1. The van der Waals surface area contributed by atoms with Crippen molar-refractivity contribution in [3.63, 3.8) is 0 Å². The van der Waals surface area contributed by atoms with Gasteiger partial charge >= 0.3 is 5.97 Å². The number of hydrogen-bond acceptors (Lipinski definition) is 2. The molecule has 4 heteroatoms. The number of hydrogen-bond donors (Lipinski definition) is 1. The first-order valence-electron chi connectivity index (χ1n) is 6.54. The topological polar surface area (TPSA) is 46.5 Å². The Balaban J connectivity index is 2.54. The van der Waals surface area contributed by atoms with Crippen molar-refractivity contribution >= 4 is 5.97 Å². The Morgan fingerprint density at radius 2 is 1.90 bits per heavy atom. The number of methoxy groups -OCH3 is 1. The quantitative estimate of drug-likeness (QED) is 0.929. The van der Waals surface area contributed by atoms with Gasteiger partial charge in [-0.1, -0.05) is 18.2 Å². The van der Waals surface area contributed by atoms with Crippen LogP contribution in [-0.4, -0.2) is 18.2 Å². The Bertz CT molecular complexity index is 677. The van der Waals surface area contributed by atoms with E-state index in [1.807, 2.05) is 0 Å². The van der Waals surface area contributed by atoms with Gasteiger partial charge in [-0.05, 0) is 49.2 Å². The summed E-state index contributed by atoms with van der Waals surface area (Å²) in [5, 5.41) is 9.30. The second-order valence-corrected chi connectivity index (χ2v) is 5.36. The van der Waals surface area contributed by atoms with Crippen molar-refractivity contribution in [2.24, 2.45) is 0 Å². The van der Waals surface area contributed by atoms with E-state index in [9.17, 15) is 14.3 Å². The number of carboxylic acid groups (broad SMARTS) is 1. The van der Waals surface area contributed by atoms with Crippen LogP contribution in [-0.2, 0) is 10.2 Å². The summed E-state index contributed by atoms with van der Waals surface area (Å²) < 4.78 is 19.1. The molecule has 0 aromatic heterocycles. The fourth-order valence-corrected chi connectivity index (χ4v) is 2.05. The summed E-state index contributed by atoms with van der Waals surface area (Å²) in [5.74, 6) is -0.749. The average molecular weight is 288 g/mol. The van der Waals surface area contributed by atoms with Crippen LogP contribution in [0.5, 0.6) is 5.75 Å². The second-order valence-electron chi connectivity index (χ2n) is 5.36. The lowest BCUT2D eigenvalue weighted by Crippen LogP contribution is -2.28. The van der Waals surface area contributed by atoms with Crippen LogP contribution in [0, 0.1) is 5.82 Å². The molecule has 2 rings (SSSR count). The van der Waals surface area contributed by atoms with E-state index in [-0.39, 0.29) is 5.82 Å². The first-order valence-corrected chi connectivity index (χ1v) is 6.54. The van der Waals surface area contributed by atoms with Crippen LogP contribution < -0.4 is 4.74 Å². The summed E-state index contributed by atoms with van der Waals surface area (Å²) in [6.07, 6.45) is 0.